The largest absolute Gasteiger partial charge is 0.408 e. The third kappa shape index (κ3) is 14.0. The van der Waals surface area contributed by atoms with E-state index in [0.717, 1.165) is 12.8 Å². The normalized spacial score (nSPS) is 17.3. The molecule has 0 radical (unpaired) electrons. The van der Waals surface area contributed by atoms with E-state index in [4.69, 9.17) is 13.1 Å². The summed E-state index contributed by atoms with van der Waals surface area (Å²) in [5, 5.41) is 0. The fraction of sp³-hybridized carbons (Fsp3) is 0.958. The van der Waals surface area contributed by atoms with Crippen molar-refractivity contribution in [3.05, 3.63) is 0 Å². The van der Waals surface area contributed by atoms with Gasteiger partial charge in [0.25, 0.3) is 0 Å². The fourth-order valence-electron chi connectivity index (χ4n) is 3.08. The van der Waals surface area contributed by atoms with Crippen LogP contribution in [0.5, 0.6) is 0 Å². The van der Waals surface area contributed by atoms with E-state index in [2.05, 4.69) is 114 Å². The second-order valence-corrected chi connectivity index (χ2v) is 39.4. The van der Waals surface area contributed by atoms with Crippen LogP contribution in [0.3, 0.4) is 0 Å². The van der Waals surface area contributed by atoms with Crippen LogP contribution in [0.25, 0.3) is 0 Å². The van der Waals surface area contributed by atoms with Gasteiger partial charge in [0.05, 0.1) is 11.3 Å². The van der Waals surface area contributed by atoms with Gasteiger partial charge in [-0.15, -0.1) is 0 Å². The van der Waals surface area contributed by atoms with E-state index in [9.17, 15) is 0 Å². The maximum Gasteiger partial charge on any atom is 0.191 e. The lowest BCUT2D eigenvalue weighted by molar-refractivity contribution is 0.126. The number of rotatable bonds is 14. The van der Waals surface area contributed by atoms with Crippen LogP contribution in [0.1, 0.15) is 54.4 Å². The van der Waals surface area contributed by atoms with Gasteiger partial charge in [-0.05, 0) is 83.0 Å². The quantitative estimate of drug-likeness (QED) is 0.154. The van der Waals surface area contributed by atoms with Crippen molar-refractivity contribution in [1.82, 2.24) is 0 Å². The maximum atomic E-state index is 7.05. The minimum absolute atomic E-state index is 0.103. The van der Waals surface area contributed by atoms with Gasteiger partial charge < -0.3 is 13.1 Å². The lowest BCUT2D eigenvalue weighted by atomic mass is 9.91. The first kappa shape index (κ1) is 34.3. The van der Waals surface area contributed by atoms with E-state index >= 15 is 0 Å². The van der Waals surface area contributed by atoms with Crippen LogP contribution in [0.15, 0.2) is 0 Å². The first-order chi connectivity index (χ1) is 14.3. The molecule has 0 saturated carbocycles. The average Bonchev–Trinajstić information content (AvgIpc) is 2.54. The van der Waals surface area contributed by atoms with Crippen molar-refractivity contribution in [3.8, 4) is 0 Å². The zero-order valence-corrected chi connectivity index (χ0v) is 31.1. The summed E-state index contributed by atoms with van der Waals surface area (Å²) in [6.07, 6.45) is 2.21. The lowest BCUT2D eigenvalue weighted by Gasteiger charge is -2.45. The highest BCUT2D eigenvalue weighted by Crippen LogP contribution is 2.56. The van der Waals surface area contributed by atoms with E-state index in [1.54, 1.807) is 0 Å². The monoisotopic (exact) mass is 568 g/mol. The second-order valence-electron chi connectivity index (χ2n) is 14.4. The molecule has 3 nitrogen and oxygen atoms in total. The predicted molar refractivity (Wildman–Crippen MR) is 166 cm³/mol. The van der Waals surface area contributed by atoms with Crippen molar-refractivity contribution in [3.63, 3.8) is 0 Å². The highest BCUT2D eigenvalue weighted by Gasteiger charge is 2.44. The topological polar surface area (TPSA) is 27.7 Å². The summed E-state index contributed by atoms with van der Waals surface area (Å²) in [5.41, 5.74) is 1.53. The van der Waals surface area contributed by atoms with E-state index in [-0.39, 0.29) is 16.7 Å². The minimum Gasteiger partial charge on any atom is -0.408 e. The van der Waals surface area contributed by atoms with Gasteiger partial charge in [-0.2, -0.15) is 0 Å². The molecule has 0 aliphatic rings. The van der Waals surface area contributed by atoms with E-state index in [0.29, 0.717) is 0 Å². The van der Waals surface area contributed by atoms with Gasteiger partial charge in [0.1, 0.15) is 7.74 Å². The zero-order valence-electron chi connectivity index (χ0n) is 25.3. The SMILES string of the molecule is CCC(C)(C)C(O[Si](C)(C)C)=P[Si](C)(C)CP(O[Si](C)(C)C)C(O[Si](C)(C)C)C(C)(C)CC. The maximum absolute atomic E-state index is 7.05. The van der Waals surface area contributed by atoms with Crippen LogP contribution in [0, 0.1) is 10.8 Å². The van der Waals surface area contributed by atoms with Crippen LogP contribution >= 0.6 is 15.9 Å². The molecule has 0 amide bonds. The Labute approximate surface area is 215 Å². The third-order valence-electron chi connectivity index (χ3n) is 5.51. The van der Waals surface area contributed by atoms with Gasteiger partial charge >= 0.3 is 0 Å². The number of hydrogen-bond acceptors (Lipinski definition) is 3. The molecule has 2 unspecified atom stereocenters. The van der Waals surface area contributed by atoms with Crippen molar-refractivity contribution < 1.29 is 13.1 Å². The van der Waals surface area contributed by atoms with Crippen LogP contribution in [0.2, 0.25) is 72.0 Å². The molecule has 33 heavy (non-hydrogen) atoms. The third-order valence-corrected chi connectivity index (χ3v) is 21.6. The van der Waals surface area contributed by atoms with E-state index < -0.39 is 40.8 Å². The summed E-state index contributed by atoms with van der Waals surface area (Å²) in [4.78, 5) is 0. The molecule has 0 aromatic rings. The van der Waals surface area contributed by atoms with Crippen molar-refractivity contribution >= 4 is 54.1 Å². The van der Waals surface area contributed by atoms with Gasteiger partial charge in [-0.25, -0.2) is 0 Å². The molecule has 0 rings (SSSR count). The molecule has 0 N–H and O–H groups in total. The first-order valence-corrected chi connectivity index (χ1v) is 29.5. The van der Waals surface area contributed by atoms with Crippen molar-refractivity contribution in [2.75, 3.05) is 5.79 Å². The molecular weight excluding hydrogens is 511 g/mol. The van der Waals surface area contributed by atoms with Gasteiger partial charge in [0.15, 0.2) is 25.0 Å². The molecule has 9 heteroatoms. The van der Waals surface area contributed by atoms with Crippen LogP contribution in [-0.2, 0) is 13.1 Å². The summed E-state index contributed by atoms with van der Waals surface area (Å²) < 4.78 is 20.8. The summed E-state index contributed by atoms with van der Waals surface area (Å²) in [6, 6.07) is 0. The fourth-order valence-corrected chi connectivity index (χ4v) is 22.2. The van der Waals surface area contributed by atoms with E-state index in [1.165, 1.54) is 19.0 Å². The molecule has 0 aromatic carbocycles. The zero-order chi connectivity index (χ0) is 26.7. The Hall–Kier alpha value is 1.35. The Balaban J connectivity index is 6.47. The van der Waals surface area contributed by atoms with Crippen molar-refractivity contribution in [2.45, 2.75) is 132 Å². The first-order valence-electron chi connectivity index (χ1n) is 12.8. The Bertz CT molecular complexity index is 646. The molecule has 0 aliphatic heterocycles. The Morgan fingerprint density at radius 3 is 1.58 bits per heavy atom. The van der Waals surface area contributed by atoms with Crippen LogP contribution < -0.4 is 0 Å². The molecule has 0 saturated heterocycles. The summed E-state index contributed by atoms with van der Waals surface area (Å²) in [7, 11) is -6.05. The highest BCUT2D eigenvalue weighted by molar-refractivity contribution is 7.84. The molecule has 198 valence electrons. The Morgan fingerprint density at radius 2 is 1.24 bits per heavy atom. The van der Waals surface area contributed by atoms with Gasteiger partial charge in [-0.1, -0.05) is 62.4 Å². The number of hydrogen-bond donors (Lipinski definition) is 0. The molecule has 0 aromatic heterocycles. The van der Waals surface area contributed by atoms with Crippen LogP contribution in [0.4, 0.5) is 0 Å². The molecule has 0 aliphatic carbocycles. The minimum atomic E-state index is -1.72. The average molecular weight is 569 g/mol. The summed E-state index contributed by atoms with van der Waals surface area (Å²) >= 11 is 0. The Kier molecular flexibility index (Phi) is 12.8. The van der Waals surface area contributed by atoms with E-state index in [1.807, 2.05) is 0 Å². The predicted octanol–water partition coefficient (Wildman–Crippen LogP) is 9.96. The molecule has 2 atom stereocenters. The standard InChI is InChI=1S/C24H58O3P2Si4/c1-18-23(3,4)21(25-30(7,8)9)28-33(16,17)20-29(27-32(13,14)15)22(24(5,6)19-2)26-31(10,11)12/h22H,18-20H2,1-17H3. The highest BCUT2D eigenvalue weighted by atomic mass is 31.3. The molecule has 0 bridgehead atoms. The van der Waals surface area contributed by atoms with Gasteiger partial charge in [-0.3, -0.25) is 0 Å². The van der Waals surface area contributed by atoms with Crippen LogP contribution in [-0.4, -0.2) is 49.8 Å². The van der Waals surface area contributed by atoms with Gasteiger partial charge in [0, 0.05) is 13.6 Å². The second kappa shape index (κ2) is 12.3. The van der Waals surface area contributed by atoms with Crippen molar-refractivity contribution in [2.24, 2.45) is 10.8 Å². The van der Waals surface area contributed by atoms with Crippen molar-refractivity contribution in [1.29, 1.82) is 0 Å². The summed E-state index contributed by atoms with van der Waals surface area (Å²) in [6.45, 7) is 40.1. The molecular formula is C24H58O3P2Si4. The summed E-state index contributed by atoms with van der Waals surface area (Å²) in [5.74, 6) is 1.36. The van der Waals surface area contributed by atoms with Gasteiger partial charge in [0.2, 0.25) is 0 Å². The Morgan fingerprint density at radius 1 is 0.758 bits per heavy atom. The molecule has 0 spiro atoms. The smallest absolute Gasteiger partial charge is 0.191 e. The molecule has 0 heterocycles. The molecule has 0 fully saturated rings. The lowest BCUT2D eigenvalue weighted by Crippen LogP contribution is -2.43.